The Morgan fingerprint density at radius 2 is 1.68 bits per heavy atom. The molecule has 6 nitrogen and oxygen atoms in total. The monoisotopic (exact) mass is 378 g/mol. The number of anilines is 1. The highest BCUT2D eigenvalue weighted by Crippen LogP contribution is 2.24. The van der Waals surface area contributed by atoms with Gasteiger partial charge in [0.05, 0.1) is 5.52 Å². The van der Waals surface area contributed by atoms with Crippen molar-refractivity contribution in [1.82, 2.24) is 14.7 Å². The van der Waals surface area contributed by atoms with Crippen LogP contribution in [0.4, 0.5) is 5.69 Å². The molecule has 146 valence electrons. The summed E-state index contributed by atoms with van der Waals surface area (Å²) in [5, 5.41) is 5.70. The minimum atomic E-state index is -0.367. The summed E-state index contributed by atoms with van der Waals surface area (Å²) in [5.74, 6) is -0.495. The Morgan fingerprint density at radius 1 is 1.00 bits per heavy atom. The van der Waals surface area contributed by atoms with E-state index in [0.29, 0.717) is 11.2 Å². The summed E-state index contributed by atoms with van der Waals surface area (Å²) in [4.78, 5) is 29.7. The molecule has 3 rings (SSSR count). The van der Waals surface area contributed by atoms with E-state index >= 15 is 0 Å². The number of aromatic nitrogens is 2. The van der Waals surface area contributed by atoms with Gasteiger partial charge in [-0.1, -0.05) is 39.0 Å². The Morgan fingerprint density at radius 3 is 2.29 bits per heavy atom. The molecule has 2 heterocycles. The van der Waals surface area contributed by atoms with Crippen molar-refractivity contribution >= 4 is 23.0 Å². The largest absolute Gasteiger partial charge is 0.348 e. The van der Waals surface area contributed by atoms with E-state index in [1.54, 1.807) is 22.7 Å². The number of nitrogens with zero attached hydrogens (tertiary/aromatic N) is 2. The van der Waals surface area contributed by atoms with Crippen LogP contribution in [-0.2, 0) is 5.41 Å². The molecule has 2 N–H and O–H groups in total. The van der Waals surface area contributed by atoms with Crippen LogP contribution in [0.3, 0.4) is 0 Å². The summed E-state index contributed by atoms with van der Waals surface area (Å²) in [5.41, 5.74) is 2.74. The quantitative estimate of drug-likeness (QED) is 0.720. The average molecular weight is 378 g/mol. The molecule has 0 saturated carbocycles. The number of pyridine rings is 1. The third kappa shape index (κ3) is 4.06. The number of imidazole rings is 1. The van der Waals surface area contributed by atoms with Gasteiger partial charge in [0.2, 0.25) is 5.82 Å². The van der Waals surface area contributed by atoms with Crippen LogP contribution in [0.25, 0.3) is 5.52 Å². The smallest absolute Gasteiger partial charge is 0.292 e. The Bertz CT molecular complexity index is 1010. The van der Waals surface area contributed by atoms with Crippen LogP contribution in [0, 0.1) is 0 Å². The van der Waals surface area contributed by atoms with Crippen molar-refractivity contribution in [3.63, 3.8) is 0 Å². The number of rotatable bonds is 4. The number of amides is 2. The predicted octanol–water partition coefficient (Wildman–Crippen LogP) is 4.02. The van der Waals surface area contributed by atoms with Crippen LogP contribution >= 0.6 is 0 Å². The summed E-state index contributed by atoms with van der Waals surface area (Å²) in [6.45, 7) is 10.2. The molecule has 0 aliphatic carbocycles. The predicted molar refractivity (Wildman–Crippen MR) is 111 cm³/mol. The van der Waals surface area contributed by atoms with E-state index in [1.165, 1.54) is 5.56 Å². The first-order chi connectivity index (χ1) is 13.2. The molecule has 0 fully saturated rings. The molecule has 6 heteroatoms. The molecule has 0 radical (unpaired) electrons. The maximum Gasteiger partial charge on any atom is 0.292 e. The standard InChI is InChI=1S/C22H26N4O2/c1-14(2)23-20(27)18-17-8-6-7-13-26(17)19(25-18)21(28)24-16-11-9-15(10-12-16)22(3,4)5/h6-14H,1-5H3,(H,23,27)(H,24,28). The van der Waals surface area contributed by atoms with E-state index in [9.17, 15) is 9.59 Å². The highest BCUT2D eigenvalue weighted by atomic mass is 16.2. The lowest BCUT2D eigenvalue weighted by Crippen LogP contribution is -2.30. The van der Waals surface area contributed by atoms with Crippen LogP contribution < -0.4 is 10.6 Å². The Labute approximate surface area is 165 Å². The second kappa shape index (κ2) is 7.46. The fourth-order valence-corrected chi connectivity index (χ4v) is 2.94. The van der Waals surface area contributed by atoms with Gasteiger partial charge in [-0.15, -0.1) is 0 Å². The van der Waals surface area contributed by atoms with E-state index in [1.807, 2.05) is 44.2 Å². The highest BCUT2D eigenvalue weighted by Gasteiger charge is 2.22. The van der Waals surface area contributed by atoms with Crippen LogP contribution in [0.15, 0.2) is 48.7 Å². The van der Waals surface area contributed by atoms with E-state index in [0.717, 1.165) is 0 Å². The molecular formula is C22H26N4O2. The number of nitrogens with one attached hydrogen (secondary N) is 2. The third-order valence-corrected chi connectivity index (χ3v) is 4.40. The topological polar surface area (TPSA) is 75.5 Å². The van der Waals surface area contributed by atoms with Crippen molar-refractivity contribution in [3.05, 3.63) is 65.7 Å². The molecule has 0 atom stereocenters. The van der Waals surface area contributed by atoms with E-state index < -0.39 is 0 Å². The average Bonchev–Trinajstić information content (AvgIpc) is 3.01. The normalized spacial score (nSPS) is 11.6. The van der Waals surface area contributed by atoms with Gasteiger partial charge < -0.3 is 10.6 Å². The second-order valence-electron chi connectivity index (χ2n) is 8.15. The van der Waals surface area contributed by atoms with E-state index in [-0.39, 0.29) is 34.8 Å². The number of carbonyl (C=O) groups excluding carboxylic acids is 2. The van der Waals surface area contributed by atoms with Crippen molar-refractivity contribution in [1.29, 1.82) is 0 Å². The van der Waals surface area contributed by atoms with Gasteiger partial charge in [-0.25, -0.2) is 4.98 Å². The second-order valence-corrected chi connectivity index (χ2v) is 8.15. The van der Waals surface area contributed by atoms with Gasteiger partial charge in [0, 0.05) is 17.9 Å². The summed E-state index contributed by atoms with van der Waals surface area (Å²) in [6, 6.07) is 13.1. The first kappa shape index (κ1) is 19.6. The van der Waals surface area contributed by atoms with Gasteiger partial charge in [-0.2, -0.15) is 0 Å². The lowest BCUT2D eigenvalue weighted by atomic mass is 9.87. The van der Waals surface area contributed by atoms with E-state index in [2.05, 4.69) is 36.4 Å². The van der Waals surface area contributed by atoms with Gasteiger partial charge in [0.15, 0.2) is 5.69 Å². The molecule has 28 heavy (non-hydrogen) atoms. The SMILES string of the molecule is CC(C)NC(=O)c1nc(C(=O)Nc2ccc(C(C)(C)C)cc2)n2ccccc12. The molecule has 1 aromatic carbocycles. The van der Waals surface area contributed by atoms with Crippen molar-refractivity contribution in [3.8, 4) is 0 Å². The molecule has 0 aliphatic heterocycles. The van der Waals surface area contributed by atoms with Gasteiger partial charge in [-0.05, 0) is 49.1 Å². The number of hydrogen-bond donors (Lipinski definition) is 2. The maximum atomic E-state index is 12.8. The zero-order valence-electron chi connectivity index (χ0n) is 16.9. The van der Waals surface area contributed by atoms with E-state index in [4.69, 9.17) is 0 Å². The summed E-state index contributed by atoms with van der Waals surface area (Å²) >= 11 is 0. The number of fused-ring (bicyclic) bond motifs is 1. The van der Waals surface area contributed by atoms with Crippen molar-refractivity contribution in [2.24, 2.45) is 0 Å². The van der Waals surface area contributed by atoms with Crippen LogP contribution in [-0.4, -0.2) is 27.2 Å². The Balaban J connectivity index is 1.91. The fraction of sp³-hybridized carbons (Fsp3) is 0.318. The number of hydrogen-bond acceptors (Lipinski definition) is 3. The lowest BCUT2D eigenvalue weighted by molar-refractivity contribution is 0.0940. The van der Waals surface area contributed by atoms with Crippen molar-refractivity contribution in [2.45, 2.75) is 46.1 Å². The van der Waals surface area contributed by atoms with Crippen molar-refractivity contribution in [2.75, 3.05) is 5.32 Å². The van der Waals surface area contributed by atoms with Crippen LogP contribution in [0.1, 0.15) is 61.3 Å². The molecule has 3 aromatic rings. The molecule has 0 spiro atoms. The summed E-state index contributed by atoms with van der Waals surface area (Å²) in [6.07, 6.45) is 1.73. The maximum absolute atomic E-state index is 12.8. The lowest BCUT2D eigenvalue weighted by Gasteiger charge is -2.19. The van der Waals surface area contributed by atoms with Gasteiger partial charge in [0.25, 0.3) is 11.8 Å². The van der Waals surface area contributed by atoms with Crippen molar-refractivity contribution < 1.29 is 9.59 Å². The minimum Gasteiger partial charge on any atom is -0.348 e. The highest BCUT2D eigenvalue weighted by molar-refractivity contribution is 6.06. The third-order valence-electron chi connectivity index (χ3n) is 4.40. The minimum absolute atomic E-state index is 0.0217. The van der Waals surface area contributed by atoms with Crippen LogP contribution in [0.5, 0.6) is 0 Å². The first-order valence-corrected chi connectivity index (χ1v) is 9.36. The summed E-state index contributed by atoms with van der Waals surface area (Å²) < 4.78 is 1.63. The number of benzene rings is 1. The van der Waals surface area contributed by atoms with Gasteiger partial charge in [0.1, 0.15) is 0 Å². The first-order valence-electron chi connectivity index (χ1n) is 9.36. The molecular weight excluding hydrogens is 352 g/mol. The molecule has 0 unspecified atom stereocenters. The molecule has 0 aliphatic rings. The molecule has 2 aromatic heterocycles. The van der Waals surface area contributed by atoms with Gasteiger partial charge in [-0.3, -0.25) is 14.0 Å². The van der Waals surface area contributed by atoms with Gasteiger partial charge >= 0.3 is 0 Å². The summed E-state index contributed by atoms with van der Waals surface area (Å²) in [7, 11) is 0. The Kier molecular flexibility index (Phi) is 5.23. The zero-order chi connectivity index (χ0) is 20.5. The number of carbonyl (C=O) groups is 2. The fourth-order valence-electron chi connectivity index (χ4n) is 2.94. The molecule has 0 bridgehead atoms. The van der Waals surface area contributed by atoms with Crippen LogP contribution in [0.2, 0.25) is 0 Å². The Hall–Kier alpha value is -3.15. The molecule has 2 amide bonds. The zero-order valence-corrected chi connectivity index (χ0v) is 16.9. The molecule has 0 saturated heterocycles.